The van der Waals surface area contributed by atoms with Gasteiger partial charge in [-0.3, -0.25) is 0 Å². The number of hydrogen-bond donors (Lipinski definition) is 3. The molecule has 1 atom stereocenters. The molecule has 1 unspecified atom stereocenters. The molecule has 1 aliphatic heterocycles. The highest BCUT2D eigenvalue weighted by Crippen LogP contribution is 2.30. The van der Waals surface area contributed by atoms with Crippen molar-refractivity contribution in [1.29, 1.82) is 5.26 Å². The van der Waals surface area contributed by atoms with E-state index in [2.05, 4.69) is 5.32 Å². The van der Waals surface area contributed by atoms with Crippen LogP contribution < -0.4 is 5.32 Å². The molecule has 0 saturated heterocycles. The van der Waals surface area contributed by atoms with E-state index in [0.29, 0.717) is 10.5 Å². The van der Waals surface area contributed by atoms with Gasteiger partial charge < -0.3 is 15.5 Å². The normalized spacial score (nSPS) is 17.7. The van der Waals surface area contributed by atoms with Crippen LogP contribution in [0.4, 0.5) is 9.59 Å². The lowest BCUT2D eigenvalue weighted by molar-refractivity contribution is 0.0696. The van der Waals surface area contributed by atoms with E-state index in [-0.39, 0.29) is 16.8 Å². The third-order valence-corrected chi connectivity index (χ3v) is 3.26. The fraction of sp³-hybridized carbons (Fsp3) is 0.143. The summed E-state index contributed by atoms with van der Waals surface area (Å²) in [7, 11) is 0. The van der Waals surface area contributed by atoms with E-state index in [1.165, 1.54) is 25.1 Å². The van der Waals surface area contributed by atoms with Gasteiger partial charge in [0.05, 0.1) is 23.2 Å². The predicted molar refractivity (Wildman–Crippen MR) is 72.9 cm³/mol. The lowest BCUT2D eigenvalue weighted by Crippen LogP contribution is -2.48. The van der Waals surface area contributed by atoms with E-state index in [4.69, 9.17) is 10.2 Å². The van der Waals surface area contributed by atoms with Gasteiger partial charge in [0.1, 0.15) is 0 Å². The molecule has 0 saturated carbocycles. The highest BCUT2D eigenvalue weighted by atomic mass is 16.4. The van der Waals surface area contributed by atoms with Crippen molar-refractivity contribution in [2.24, 2.45) is 0 Å². The molecule has 2 rings (SSSR count). The van der Waals surface area contributed by atoms with E-state index in [1.807, 2.05) is 6.07 Å². The van der Waals surface area contributed by atoms with Crippen molar-refractivity contribution in [3.05, 3.63) is 46.7 Å². The molecule has 0 aliphatic carbocycles. The van der Waals surface area contributed by atoms with Crippen molar-refractivity contribution in [2.45, 2.75) is 13.0 Å². The van der Waals surface area contributed by atoms with Gasteiger partial charge >= 0.3 is 18.1 Å². The summed E-state index contributed by atoms with van der Waals surface area (Å²) in [5.41, 5.74) is 0.408. The molecule has 0 bridgehead atoms. The first-order chi connectivity index (χ1) is 10.4. The van der Waals surface area contributed by atoms with Crippen molar-refractivity contribution in [2.75, 3.05) is 0 Å². The monoisotopic (exact) mass is 301 g/mol. The molecule has 8 heteroatoms. The Morgan fingerprint density at radius 2 is 2.05 bits per heavy atom. The molecule has 0 radical (unpaired) electrons. The zero-order valence-corrected chi connectivity index (χ0v) is 11.4. The number of carbonyl (C=O) groups excluding carboxylic acids is 1. The number of imide groups is 1. The van der Waals surface area contributed by atoms with Crippen molar-refractivity contribution in [3.63, 3.8) is 0 Å². The van der Waals surface area contributed by atoms with Crippen LogP contribution in [0.1, 0.15) is 28.9 Å². The number of hydrogen-bond acceptors (Lipinski definition) is 4. The number of benzene rings is 1. The quantitative estimate of drug-likeness (QED) is 0.764. The summed E-state index contributed by atoms with van der Waals surface area (Å²) in [4.78, 5) is 34.4. The van der Waals surface area contributed by atoms with Gasteiger partial charge in [0.15, 0.2) is 0 Å². The van der Waals surface area contributed by atoms with Crippen LogP contribution in [0.5, 0.6) is 0 Å². The van der Waals surface area contributed by atoms with Crippen molar-refractivity contribution in [1.82, 2.24) is 10.2 Å². The Balaban J connectivity index is 2.55. The SMILES string of the molecule is CC1=C(C#N)C(c2cccc(C(=O)O)c2)NC(=O)N1C(=O)O. The summed E-state index contributed by atoms with van der Waals surface area (Å²) in [5.74, 6) is -1.14. The van der Waals surface area contributed by atoms with Crippen LogP contribution in [0.3, 0.4) is 0 Å². The van der Waals surface area contributed by atoms with E-state index in [1.54, 1.807) is 6.07 Å². The molecule has 8 nitrogen and oxygen atoms in total. The second-order valence-corrected chi connectivity index (χ2v) is 4.54. The van der Waals surface area contributed by atoms with Gasteiger partial charge in [-0.15, -0.1) is 0 Å². The van der Waals surface area contributed by atoms with Gasteiger partial charge in [-0.25, -0.2) is 19.3 Å². The lowest BCUT2D eigenvalue weighted by Gasteiger charge is -2.31. The molecule has 3 N–H and O–H groups in total. The van der Waals surface area contributed by atoms with Crippen LogP contribution >= 0.6 is 0 Å². The van der Waals surface area contributed by atoms with Gasteiger partial charge in [-0.1, -0.05) is 12.1 Å². The van der Waals surface area contributed by atoms with E-state index in [9.17, 15) is 19.6 Å². The average molecular weight is 301 g/mol. The number of aromatic carboxylic acids is 1. The summed E-state index contributed by atoms with van der Waals surface area (Å²) >= 11 is 0. The Labute approximate surface area is 124 Å². The maximum absolute atomic E-state index is 11.9. The Bertz CT molecular complexity index is 747. The van der Waals surface area contributed by atoms with Gasteiger partial charge in [0, 0.05) is 5.70 Å². The second kappa shape index (κ2) is 5.57. The van der Waals surface area contributed by atoms with E-state index >= 15 is 0 Å². The molecular formula is C14H11N3O5. The number of nitrogens with zero attached hydrogens (tertiary/aromatic N) is 2. The summed E-state index contributed by atoms with van der Waals surface area (Å²) in [6.45, 7) is 1.35. The number of nitriles is 1. The average Bonchev–Trinajstić information content (AvgIpc) is 2.46. The van der Waals surface area contributed by atoms with Crippen LogP contribution in [-0.4, -0.2) is 33.2 Å². The molecule has 1 aromatic rings. The Hall–Kier alpha value is -3.34. The topological polar surface area (TPSA) is 131 Å². The molecule has 0 aromatic heterocycles. The lowest BCUT2D eigenvalue weighted by atomic mass is 9.95. The molecule has 0 spiro atoms. The van der Waals surface area contributed by atoms with Gasteiger partial charge in [-0.2, -0.15) is 5.26 Å². The first kappa shape index (κ1) is 15.1. The molecule has 1 aliphatic rings. The summed E-state index contributed by atoms with van der Waals surface area (Å²) in [6.07, 6.45) is -1.50. The van der Waals surface area contributed by atoms with E-state index < -0.39 is 24.1 Å². The van der Waals surface area contributed by atoms with E-state index in [0.717, 1.165) is 0 Å². The maximum atomic E-state index is 11.9. The summed E-state index contributed by atoms with van der Waals surface area (Å²) < 4.78 is 0. The Morgan fingerprint density at radius 1 is 1.36 bits per heavy atom. The van der Waals surface area contributed by atoms with Crippen LogP contribution in [-0.2, 0) is 0 Å². The number of carboxylic acid groups (broad SMARTS) is 2. The molecule has 112 valence electrons. The number of nitrogens with one attached hydrogen (secondary N) is 1. The van der Waals surface area contributed by atoms with Crippen LogP contribution in [0.15, 0.2) is 35.5 Å². The maximum Gasteiger partial charge on any atom is 0.419 e. The predicted octanol–water partition coefficient (Wildman–Crippen LogP) is 1.93. The van der Waals surface area contributed by atoms with Crippen molar-refractivity contribution in [3.8, 4) is 6.07 Å². The van der Waals surface area contributed by atoms with Crippen LogP contribution in [0, 0.1) is 11.3 Å². The number of allylic oxidation sites excluding steroid dienone is 1. The number of carboxylic acids is 1. The minimum atomic E-state index is -1.50. The van der Waals surface area contributed by atoms with Gasteiger partial charge in [0.25, 0.3) is 0 Å². The van der Waals surface area contributed by atoms with Crippen molar-refractivity contribution < 1.29 is 24.6 Å². The zero-order valence-electron chi connectivity index (χ0n) is 11.4. The Kier molecular flexibility index (Phi) is 3.81. The van der Waals surface area contributed by atoms with Crippen LogP contribution in [0.2, 0.25) is 0 Å². The molecule has 22 heavy (non-hydrogen) atoms. The number of rotatable bonds is 2. The highest BCUT2D eigenvalue weighted by molar-refractivity contribution is 5.94. The summed E-state index contributed by atoms with van der Waals surface area (Å²) in [5, 5.41) is 29.7. The smallest absolute Gasteiger partial charge is 0.419 e. The molecular weight excluding hydrogens is 290 g/mol. The number of amides is 3. The first-order valence-corrected chi connectivity index (χ1v) is 6.14. The zero-order chi connectivity index (χ0) is 16.4. The van der Waals surface area contributed by atoms with Gasteiger partial charge in [-0.05, 0) is 24.6 Å². The second-order valence-electron chi connectivity index (χ2n) is 4.54. The molecule has 1 aromatic carbocycles. The van der Waals surface area contributed by atoms with Crippen LogP contribution in [0.25, 0.3) is 0 Å². The van der Waals surface area contributed by atoms with Gasteiger partial charge in [0.2, 0.25) is 0 Å². The largest absolute Gasteiger partial charge is 0.478 e. The first-order valence-electron chi connectivity index (χ1n) is 6.14. The third kappa shape index (κ3) is 2.47. The summed E-state index contributed by atoms with van der Waals surface area (Å²) in [6, 6.07) is 5.82. The minimum absolute atomic E-state index is 0.00218. The van der Waals surface area contributed by atoms with Crippen molar-refractivity contribution >= 4 is 18.1 Å². The minimum Gasteiger partial charge on any atom is -0.478 e. The third-order valence-electron chi connectivity index (χ3n) is 3.26. The Morgan fingerprint density at radius 3 is 2.59 bits per heavy atom. The fourth-order valence-corrected chi connectivity index (χ4v) is 2.22. The molecule has 3 amide bonds. The number of urea groups is 1. The molecule has 1 heterocycles. The molecule has 0 fully saturated rings. The fourth-order valence-electron chi connectivity index (χ4n) is 2.22. The number of carbonyl (C=O) groups is 3. The highest BCUT2D eigenvalue weighted by Gasteiger charge is 2.35. The standard InChI is InChI=1S/C14H11N3O5/c1-7-10(6-15)11(16-13(20)17(7)14(21)22)8-3-2-4-9(5-8)12(18)19/h2-5,11H,1H3,(H,16,20)(H,18,19)(H,21,22).